The van der Waals surface area contributed by atoms with Crippen molar-refractivity contribution in [3.8, 4) is 0 Å². The van der Waals surface area contributed by atoms with Gasteiger partial charge in [-0.05, 0) is 50.9 Å². The highest BCUT2D eigenvalue weighted by atomic mass is 35.5. The standard InChI is InChI=1S/C20H25ClFN3O2/c1-20(19-23-18(27-24-19)14-5-11-26-12-6-14)7-9-25(10-8-20)13-15-16(21)3-2-4-17(15)22/h2-4,14H,5-13H2,1H3. The molecule has 0 atom stereocenters. The number of hydrogen-bond donors (Lipinski definition) is 0. The Morgan fingerprint density at radius 2 is 2.00 bits per heavy atom. The van der Waals surface area contributed by atoms with E-state index in [1.165, 1.54) is 6.07 Å². The normalized spacial score (nSPS) is 21.4. The van der Waals surface area contributed by atoms with Crippen molar-refractivity contribution in [3.63, 3.8) is 0 Å². The van der Waals surface area contributed by atoms with Crippen molar-refractivity contribution in [1.82, 2.24) is 15.0 Å². The average Bonchev–Trinajstić information content (AvgIpc) is 3.18. The highest BCUT2D eigenvalue weighted by Gasteiger charge is 2.37. The van der Waals surface area contributed by atoms with Crippen molar-refractivity contribution in [2.75, 3.05) is 26.3 Å². The third kappa shape index (κ3) is 4.03. The maximum atomic E-state index is 14.0. The summed E-state index contributed by atoms with van der Waals surface area (Å²) in [5.41, 5.74) is 0.465. The molecule has 2 aromatic rings. The van der Waals surface area contributed by atoms with Gasteiger partial charge in [-0.3, -0.25) is 4.90 Å². The fourth-order valence-corrected chi connectivity index (χ4v) is 4.15. The Balaban J connectivity index is 1.40. The number of hydrogen-bond acceptors (Lipinski definition) is 5. The molecule has 0 aliphatic carbocycles. The molecule has 4 rings (SSSR count). The fourth-order valence-electron chi connectivity index (χ4n) is 3.93. The van der Waals surface area contributed by atoms with Crippen LogP contribution in [-0.4, -0.2) is 41.3 Å². The molecule has 5 nitrogen and oxygen atoms in total. The SMILES string of the molecule is CC1(c2noc(C3CCOCC3)n2)CCN(Cc2c(F)cccc2Cl)CC1. The van der Waals surface area contributed by atoms with Crippen molar-refractivity contribution in [3.05, 3.63) is 46.3 Å². The molecule has 2 aliphatic rings. The average molecular weight is 394 g/mol. The first-order chi connectivity index (χ1) is 13.0. The van der Waals surface area contributed by atoms with E-state index < -0.39 is 0 Å². The maximum Gasteiger partial charge on any atom is 0.229 e. The van der Waals surface area contributed by atoms with Gasteiger partial charge in [-0.25, -0.2) is 4.39 Å². The monoisotopic (exact) mass is 393 g/mol. The first-order valence-electron chi connectivity index (χ1n) is 9.62. The van der Waals surface area contributed by atoms with Crippen molar-refractivity contribution in [2.24, 2.45) is 0 Å². The van der Waals surface area contributed by atoms with Crippen LogP contribution >= 0.6 is 11.6 Å². The molecule has 3 heterocycles. The minimum absolute atomic E-state index is 0.109. The molecule has 0 radical (unpaired) electrons. The van der Waals surface area contributed by atoms with Gasteiger partial charge < -0.3 is 9.26 Å². The molecule has 7 heteroatoms. The van der Waals surface area contributed by atoms with Gasteiger partial charge in [0.15, 0.2) is 5.82 Å². The number of nitrogens with zero attached hydrogens (tertiary/aromatic N) is 3. The van der Waals surface area contributed by atoms with Crippen molar-refractivity contribution < 1.29 is 13.7 Å². The van der Waals surface area contributed by atoms with E-state index >= 15 is 0 Å². The summed E-state index contributed by atoms with van der Waals surface area (Å²) in [6.07, 6.45) is 3.70. The highest BCUT2D eigenvalue weighted by molar-refractivity contribution is 6.31. The number of ether oxygens (including phenoxy) is 1. The molecule has 0 unspecified atom stereocenters. The van der Waals surface area contributed by atoms with E-state index in [9.17, 15) is 4.39 Å². The van der Waals surface area contributed by atoms with Crippen LogP contribution in [0.1, 0.15) is 55.8 Å². The van der Waals surface area contributed by atoms with Gasteiger partial charge in [0.25, 0.3) is 0 Å². The van der Waals surface area contributed by atoms with E-state index in [2.05, 4.69) is 17.0 Å². The molecule has 146 valence electrons. The lowest BCUT2D eigenvalue weighted by molar-refractivity contribution is 0.0778. The molecule has 0 spiro atoms. The summed E-state index contributed by atoms with van der Waals surface area (Å²) in [4.78, 5) is 6.98. The van der Waals surface area contributed by atoms with Gasteiger partial charge in [0.05, 0.1) is 0 Å². The predicted molar refractivity (Wildman–Crippen MR) is 100 cm³/mol. The number of rotatable bonds is 4. The lowest BCUT2D eigenvalue weighted by Crippen LogP contribution is -2.41. The van der Waals surface area contributed by atoms with Gasteiger partial charge in [0.1, 0.15) is 5.82 Å². The Labute approximate surface area is 163 Å². The third-order valence-electron chi connectivity index (χ3n) is 5.96. The molecule has 0 saturated carbocycles. The van der Waals surface area contributed by atoms with E-state index in [0.29, 0.717) is 23.0 Å². The molecule has 0 bridgehead atoms. The third-order valence-corrected chi connectivity index (χ3v) is 6.31. The topological polar surface area (TPSA) is 51.4 Å². The van der Waals surface area contributed by atoms with Crippen LogP contribution < -0.4 is 0 Å². The summed E-state index contributed by atoms with van der Waals surface area (Å²) in [6.45, 7) is 5.94. The first kappa shape index (κ1) is 18.8. The molecule has 2 aliphatic heterocycles. The maximum absolute atomic E-state index is 14.0. The Morgan fingerprint density at radius 3 is 2.70 bits per heavy atom. The first-order valence-corrected chi connectivity index (χ1v) is 10.00. The molecule has 1 aromatic carbocycles. The van der Waals surface area contributed by atoms with Gasteiger partial charge in [-0.1, -0.05) is 29.7 Å². The summed E-state index contributed by atoms with van der Waals surface area (Å²) in [7, 11) is 0. The van der Waals surface area contributed by atoms with Crippen LogP contribution in [-0.2, 0) is 16.7 Å². The fraction of sp³-hybridized carbons (Fsp3) is 0.600. The number of aromatic nitrogens is 2. The number of piperidine rings is 1. The van der Waals surface area contributed by atoms with Crippen LogP contribution in [0.5, 0.6) is 0 Å². The summed E-state index contributed by atoms with van der Waals surface area (Å²) < 4.78 is 25.0. The molecule has 27 heavy (non-hydrogen) atoms. The predicted octanol–water partition coefficient (Wildman–Crippen LogP) is 4.31. The molecular formula is C20H25ClFN3O2. The Kier molecular flexibility index (Phi) is 5.48. The van der Waals surface area contributed by atoms with Crippen LogP contribution in [0, 0.1) is 5.82 Å². The molecule has 0 amide bonds. The van der Waals surface area contributed by atoms with Gasteiger partial charge in [0, 0.05) is 41.7 Å². The lowest BCUT2D eigenvalue weighted by Gasteiger charge is -2.37. The minimum Gasteiger partial charge on any atom is -0.381 e. The number of likely N-dealkylation sites (tertiary alicyclic amines) is 1. The van der Waals surface area contributed by atoms with Gasteiger partial charge in [-0.15, -0.1) is 0 Å². The van der Waals surface area contributed by atoms with E-state index in [-0.39, 0.29) is 11.2 Å². The van der Waals surface area contributed by atoms with Gasteiger partial charge in [-0.2, -0.15) is 4.98 Å². The van der Waals surface area contributed by atoms with Crippen molar-refractivity contribution >= 4 is 11.6 Å². The quantitative estimate of drug-likeness (QED) is 0.774. The number of benzene rings is 1. The van der Waals surface area contributed by atoms with Crippen LogP contribution in [0.3, 0.4) is 0 Å². The van der Waals surface area contributed by atoms with E-state index in [1.807, 2.05) is 0 Å². The summed E-state index contributed by atoms with van der Waals surface area (Å²) >= 11 is 6.17. The molecule has 0 N–H and O–H groups in total. The van der Waals surface area contributed by atoms with Gasteiger partial charge >= 0.3 is 0 Å². The second-order valence-corrected chi connectivity index (χ2v) is 8.29. The van der Waals surface area contributed by atoms with E-state index in [4.69, 9.17) is 25.8 Å². The van der Waals surface area contributed by atoms with Crippen LogP contribution in [0.15, 0.2) is 22.7 Å². The minimum atomic E-state index is -0.241. The van der Waals surface area contributed by atoms with Crippen molar-refractivity contribution in [2.45, 2.75) is 50.5 Å². The largest absolute Gasteiger partial charge is 0.381 e. The second kappa shape index (κ2) is 7.86. The Bertz CT molecular complexity index is 763. The molecule has 2 fully saturated rings. The Hall–Kier alpha value is -1.50. The summed E-state index contributed by atoms with van der Waals surface area (Å²) in [5, 5.41) is 4.79. The van der Waals surface area contributed by atoms with E-state index in [0.717, 1.165) is 63.7 Å². The van der Waals surface area contributed by atoms with E-state index in [1.54, 1.807) is 12.1 Å². The van der Waals surface area contributed by atoms with Crippen LogP contribution in [0.25, 0.3) is 0 Å². The van der Waals surface area contributed by atoms with Crippen LogP contribution in [0.2, 0.25) is 5.02 Å². The van der Waals surface area contributed by atoms with Gasteiger partial charge in [0.2, 0.25) is 5.89 Å². The van der Waals surface area contributed by atoms with Crippen molar-refractivity contribution in [1.29, 1.82) is 0 Å². The number of halogens is 2. The molecular weight excluding hydrogens is 369 g/mol. The highest BCUT2D eigenvalue weighted by Crippen LogP contribution is 2.36. The lowest BCUT2D eigenvalue weighted by atomic mass is 9.79. The molecule has 1 aromatic heterocycles. The van der Waals surface area contributed by atoms with Crippen LogP contribution in [0.4, 0.5) is 4.39 Å². The summed E-state index contributed by atoms with van der Waals surface area (Å²) in [6, 6.07) is 4.85. The zero-order chi connectivity index (χ0) is 18.9. The zero-order valence-corrected chi connectivity index (χ0v) is 16.3. The summed E-state index contributed by atoms with van der Waals surface area (Å²) in [5.74, 6) is 1.62. The molecule has 2 saturated heterocycles. The smallest absolute Gasteiger partial charge is 0.229 e. The zero-order valence-electron chi connectivity index (χ0n) is 15.6. The Morgan fingerprint density at radius 1 is 1.26 bits per heavy atom. The second-order valence-electron chi connectivity index (χ2n) is 7.88.